The average Bonchev–Trinajstić information content (AvgIpc) is 2.84. The number of benzene rings is 1. The number of fused-ring (bicyclic) bond motifs is 1. The smallest absolute Gasteiger partial charge is 0.170 e. The fraction of sp³-hybridized carbons (Fsp3) is 0.429. The van der Waals surface area contributed by atoms with Crippen LogP contribution in [0.4, 0.5) is 0 Å². The molecule has 0 bridgehead atoms. The Balaban J connectivity index is 1.84. The highest BCUT2D eigenvalue weighted by Gasteiger charge is 2.29. The number of aryl methyl sites for hydroxylation is 2. The highest BCUT2D eigenvalue weighted by Crippen LogP contribution is 2.40. The zero-order chi connectivity index (χ0) is 13.2. The van der Waals surface area contributed by atoms with Crippen molar-refractivity contribution in [3.05, 3.63) is 41.2 Å². The minimum atomic E-state index is 0.402. The number of aromatic nitrogens is 2. The van der Waals surface area contributed by atoms with Gasteiger partial charge in [-0.25, -0.2) is 4.98 Å². The maximum absolute atomic E-state index is 4.47. The van der Waals surface area contributed by atoms with Crippen molar-refractivity contribution in [3.63, 3.8) is 0 Å². The van der Waals surface area contributed by atoms with Gasteiger partial charge in [0.05, 0.1) is 0 Å². The molecule has 5 heteroatoms. The molecule has 1 N–H and O–H groups in total. The number of nitrogens with zero attached hydrogens (tertiary/aromatic N) is 2. The van der Waals surface area contributed by atoms with E-state index in [1.54, 1.807) is 0 Å². The van der Waals surface area contributed by atoms with Crippen LogP contribution in [0.15, 0.2) is 28.6 Å². The van der Waals surface area contributed by atoms with Crippen LogP contribution in [0.5, 0.6) is 0 Å². The van der Waals surface area contributed by atoms with E-state index in [-0.39, 0.29) is 0 Å². The second kappa shape index (κ2) is 5.61. The summed E-state index contributed by atoms with van der Waals surface area (Å²) in [6.07, 6.45) is 2.34. The predicted octanol–water partition coefficient (Wildman–Crippen LogP) is 3.21. The summed E-state index contributed by atoms with van der Waals surface area (Å²) in [6, 6.07) is 9.15. The zero-order valence-electron chi connectivity index (χ0n) is 11.1. The molecule has 0 amide bonds. The molecule has 0 saturated heterocycles. The first kappa shape index (κ1) is 13.1. The van der Waals surface area contributed by atoms with Crippen molar-refractivity contribution in [1.29, 1.82) is 0 Å². The van der Waals surface area contributed by atoms with Crippen molar-refractivity contribution in [2.45, 2.75) is 35.4 Å². The lowest BCUT2D eigenvalue weighted by Crippen LogP contribution is -2.32. The van der Waals surface area contributed by atoms with Gasteiger partial charge in [-0.05, 0) is 49.5 Å². The highest BCUT2D eigenvalue weighted by molar-refractivity contribution is 8.01. The van der Waals surface area contributed by atoms with Crippen LogP contribution in [0.2, 0.25) is 0 Å². The SMILES string of the molecule is CNC1c2ccccc2CCC1Sc1nc(C)ns1. The van der Waals surface area contributed by atoms with E-state index in [4.69, 9.17) is 0 Å². The summed E-state index contributed by atoms with van der Waals surface area (Å²) in [4.78, 5) is 4.47. The summed E-state index contributed by atoms with van der Waals surface area (Å²) in [5.41, 5.74) is 2.92. The van der Waals surface area contributed by atoms with E-state index in [0.29, 0.717) is 11.3 Å². The summed E-state index contributed by atoms with van der Waals surface area (Å²) in [7, 11) is 2.05. The minimum absolute atomic E-state index is 0.402. The fourth-order valence-corrected chi connectivity index (χ4v) is 4.83. The van der Waals surface area contributed by atoms with Crippen molar-refractivity contribution in [1.82, 2.24) is 14.7 Å². The van der Waals surface area contributed by atoms with Gasteiger partial charge in [0.25, 0.3) is 0 Å². The molecule has 0 saturated carbocycles. The van der Waals surface area contributed by atoms with Crippen LogP contribution >= 0.6 is 23.3 Å². The summed E-state index contributed by atoms with van der Waals surface area (Å²) in [5.74, 6) is 0.879. The topological polar surface area (TPSA) is 37.8 Å². The molecule has 0 aliphatic heterocycles. The molecule has 100 valence electrons. The first-order chi connectivity index (χ1) is 9.28. The first-order valence-electron chi connectivity index (χ1n) is 6.50. The van der Waals surface area contributed by atoms with Crippen molar-refractivity contribution in [3.8, 4) is 0 Å². The molecule has 2 unspecified atom stereocenters. The lowest BCUT2D eigenvalue weighted by atomic mass is 9.87. The summed E-state index contributed by atoms with van der Waals surface area (Å²) < 4.78 is 5.35. The van der Waals surface area contributed by atoms with Gasteiger partial charge in [-0.2, -0.15) is 4.37 Å². The Morgan fingerprint density at radius 2 is 2.21 bits per heavy atom. The van der Waals surface area contributed by atoms with Crippen LogP contribution in [0, 0.1) is 6.92 Å². The number of rotatable bonds is 3. The molecule has 1 aliphatic rings. The third kappa shape index (κ3) is 2.68. The van der Waals surface area contributed by atoms with E-state index in [1.165, 1.54) is 29.1 Å². The van der Waals surface area contributed by atoms with Crippen molar-refractivity contribution in [2.24, 2.45) is 0 Å². The lowest BCUT2D eigenvalue weighted by Gasteiger charge is -2.32. The number of hydrogen-bond acceptors (Lipinski definition) is 5. The van der Waals surface area contributed by atoms with E-state index in [0.717, 1.165) is 16.6 Å². The van der Waals surface area contributed by atoms with Crippen molar-refractivity contribution in [2.75, 3.05) is 7.05 Å². The highest BCUT2D eigenvalue weighted by atomic mass is 32.2. The van der Waals surface area contributed by atoms with Crippen molar-refractivity contribution >= 4 is 23.3 Å². The van der Waals surface area contributed by atoms with Gasteiger partial charge in [-0.15, -0.1) is 0 Å². The Bertz CT molecular complexity index is 567. The molecule has 3 nitrogen and oxygen atoms in total. The molecule has 0 radical (unpaired) electrons. The maximum atomic E-state index is 4.47. The molecule has 3 rings (SSSR count). The summed E-state index contributed by atoms with van der Waals surface area (Å²) in [6.45, 7) is 1.95. The molecule has 1 aliphatic carbocycles. The van der Waals surface area contributed by atoms with Gasteiger partial charge in [0.15, 0.2) is 4.34 Å². The zero-order valence-corrected chi connectivity index (χ0v) is 12.7. The Kier molecular flexibility index (Phi) is 3.86. The van der Waals surface area contributed by atoms with E-state index in [9.17, 15) is 0 Å². The molecule has 1 heterocycles. The second-order valence-electron chi connectivity index (χ2n) is 4.77. The Morgan fingerprint density at radius 3 is 2.95 bits per heavy atom. The van der Waals surface area contributed by atoms with Crippen LogP contribution in [0.3, 0.4) is 0 Å². The molecule has 2 aromatic rings. The van der Waals surface area contributed by atoms with Gasteiger partial charge < -0.3 is 5.32 Å². The molecular weight excluding hydrogens is 274 g/mol. The number of hydrogen-bond donors (Lipinski definition) is 1. The Hall–Kier alpha value is -0.910. The molecule has 19 heavy (non-hydrogen) atoms. The number of thioether (sulfide) groups is 1. The first-order valence-corrected chi connectivity index (χ1v) is 8.15. The molecule has 0 fully saturated rings. The van der Waals surface area contributed by atoms with Gasteiger partial charge in [-0.3, -0.25) is 0 Å². The Morgan fingerprint density at radius 1 is 1.37 bits per heavy atom. The molecule has 2 atom stereocenters. The third-order valence-electron chi connectivity index (χ3n) is 3.53. The fourth-order valence-electron chi connectivity index (χ4n) is 2.65. The second-order valence-corrected chi connectivity index (χ2v) is 7.01. The van der Waals surface area contributed by atoms with E-state index >= 15 is 0 Å². The third-order valence-corrected chi connectivity index (χ3v) is 5.75. The normalized spacial score (nSPS) is 22.2. The predicted molar refractivity (Wildman–Crippen MR) is 80.9 cm³/mol. The lowest BCUT2D eigenvalue weighted by molar-refractivity contribution is 0.510. The van der Waals surface area contributed by atoms with Crippen molar-refractivity contribution < 1.29 is 0 Å². The largest absolute Gasteiger partial charge is 0.312 e. The standard InChI is InChI=1S/C14H17N3S2/c1-9-16-14(19-17-9)18-12-8-7-10-5-3-4-6-11(10)13(12)15-2/h3-6,12-13,15H,7-8H2,1-2H3. The van der Waals surface area contributed by atoms with Gasteiger partial charge in [0.2, 0.25) is 0 Å². The summed E-state index contributed by atoms with van der Waals surface area (Å²) >= 11 is 3.38. The minimum Gasteiger partial charge on any atom is -0.312 e. The Labute approximate surface area is 122 Å². The van der Waals surface area contributed by atoms with E-state index in [2.05, 4.69) is 38.9 Å². The molecule has 1 aromatic heterocycles. The van der Waals surface area contributed by atoms with Gasteiger partial charge in [0, 0.05) is 11.3 Å². The maximum Gasteiger partial charge on any atom is 0.170 e. The molecular formula is C14H17N3S2. The quantitative estimate of drug-likeness (QED) is 0.942. The van der Waals surface area contributed by atoms with Crippen LogP contribution in [0.1, 0.15) is 29.4 Å². The summed E-state index contributed by atoms with van der Waals surface area (Å²) in [5, 5.41) is 4.01. The van der Waals surface area contributed by atoms with Crippen LogP contribution in [-0.2, 0) is 6.42 Å². The average molecular weight is 291 g/mol. The molecule has 1 aromatic carbocycles. The van der Waals surface area contributed by atoms with Gasteiger partial charge >= 0.3 is 0 Å². The van der Waals surface area contributed by atoms with Gasteiger partial charge in [-0.1, -0.05) is 36.0 Å². The van der Waals surface area contributed by atoms with Crippen LogP contribution in [0.25, 0.3) is 0 Å². The van der Waals surface area contributed by atoms with E-state index < -0.39 is 0 Å². The van der Waals surface area contributed by atoms with Gasteiger partial charge in [0.1, 0.15) is 5.82 Å². The van der Waals surface area contributed by atoms with E-state index in [1.807, 2.05) is 25.7 Å². The van der Waals surface area contributed by atoms with Crippen LogP contribution in [-0.4, -0.2) is 21.7 Å². The van der Waals surface area contributed by atoms with Crippen LogP contribution < -0.4 is 5.32 Å². The number of nitrogens with one attached hydrogen (secondary N) is 1. The molecule has 0 spiro atoms. The monoisotopic (exact) mass is 291 g/mol.